The Hall–Kier alpha value is -1.73. The van der Waals surface area contributed by atoms with Crippen LogP contribution in [0.25, 0.3) is 11.7 Å². The van der Waals surface area contributed by atoms with Crippen LogP contribution in [0.2, 0.25) is 0 Å². The Morgan fingerprint density at radius 3 is 2.89 bits per heavy atom. The first-order valence-corrected chi connectivity index (χ1v) is 6.37. The van der Waals surface area contributed by atoms with Gasteiger partial charge in [-0.3, -0.25) is 0 Å². The number of rotatable bonds is 5. The van der Waals surface area contributed by atoms with E-state index in [0.717, 1.165) is 18.5 Å². The van der Waals surface area contributed by atoms with Crippen molar-refractivity contribution in [3.8, 4) is 11.7 Å². The van der Waals surface area contributed by atoms with Gasteiger partial charge >= 0.3 is 0 Å². The maximum absolute atomic E-state index is 5.96. The highest BCUT2D eigenvalue weighted by Crippen LogP contribution is 2.24. The van der Waals surface area contributed by atoms with E-state index >= 15 is 0 Å². The lowest BCUT2D eigenvalue weighted by Crippen LogP contribution is -2.27. The molecular formula is C12H16N4O3. The van der Waals surface area contributed by atoms with Gasteiger partial charge in [-0.15, -0.1) is 0 Å². The van der Waals surface area contributed by atoms with E-state index in [2.05, 4.69) is 15.3 Å². The van der Waals surface area contributed by atoms with Crippen LogP contribution in [0.5, 0.6) is 0 Å². The highest BCUT2D eigenvalue weighted by Gasteiger charge is 2.22. The molecule has 0 aromatic carbocycles. The van der Waals surface area contributed by atoms with Crippen LogP contribution < -0.4 is 5.73 Å². The molecule has 1 aliphatic rings. The number of hydrogen-bond acceptors (Lipinski definition) is 7. The summed E-state index contributed by atoms with van der Waals surface area (Å²) in [6.07, 6.45) is 3.80. The first kappa shape index (κ1) is 12.3. The van der Waals surface area contributed by atoms with Crippen molar-refractivity contribution in [1.29, 1.82) is 0 Å². The Morgan fingerprint density at radius 1 is 1.42 bits per heavy atom. The van der Waals surface area contributed by atoms with Gasteiger partial charge in [0.2, 0.25) is 5.76 Å². The summed E-state index contributed by atoms with van der Waals surface area (Å²) in [7, 11) is 0. The Morgan fingerprint density at radius 2 is 2.26 bits per heavy atom. The molecule has 1 atom stereocenters. The fourth-order valence-electron chi connectivity index (χ4n) is 1.80. The molecule has 0 radical (unpaired) electrons. The number of aryl methyl sites for hydroxylation is 1. The van der Waals surface area contributed by atoms with Crippen LogP contribution in [0.4, 0.5) is 0 Å². The second-order valence-electron chi connectivity index (χ2n) is 4.78. The third-order valence-electron chi connectivity index (χ3n) is 3.18. The molecule has 102 valence electrons. The summed E-state index contributed by atoms with van der Waals surface area (Å²) in [6, 6.07) is 1.34. The van der Waals surface area contributed by atoms with E-state index in [1.54, 1.807) is 6.07 Å². The van der Waals surface area contributed by atoms with Gasteiger partial charge in [-0.2, -0.15) is 4.98 Å². The van der Waals surface area contributed by atoms with E-state index < -0.39 is 0 Å². The first-order valence-electron chi connectivity index (χ1n) is 6.37. The SMILES string of the molecule is Cc1cc(-c2nc(C(N)COC3CCC3)no2)on1. The Bertz CT molecular complexity index is 547. The average molecular weight is 264 g/mol. The van der Waals surface area contributed by atoms with Crippen LogP contribution in [-0.4, -0.2) is 28.0 Å². The molecule has 0 saturated heterocycles. The minimum Gasteiger partial charge on any atom is -0.376 e. The zero-order valence-electron chi connectivity index (χ0n) is 10.7. The largest absolute Gasteiger partial charge is 0.376 e. The molecule has 1 unspecified atom stereocenters. The van der Waals surface area contributed by atoms with Crippen molar-refractivity contribution < 1.29 is 13.8 Å². The third-order valence-corrected chi connectivity index (χ3v) is 3.18. The van der Waals surface area contributed by atoms with Crippen molar-refractivity contribution in [3.63, 3.8) is 0 Å². The van der Waals surface area contributed by atoms with Gasteiger partial charge in [0, 0.05) is 6.07 Å². The van der Waals surface area contributed by atoms with Crippen molar-refractivity contribution in [3.05, 3.63) is 17.6 Å². The molecule has 19 heavy (non-hydrogen) atoms. The van der Waals surface area contributed by atoms with E-state index in [1.807, 2.05) is 6.92 Å². The standard InChI is InChI=1S/C12H16N4O3/c1-7-5-10(18-15-7)12-14-11(16-19-12)9(13)6-17-8-3-2-4-8/h5,8-9H,2-4,6,13H2,1H3. The van der Waals surface area contributed by atoms with Gasteiger partial charge in [0.05, 0.1) is 24.4 Å². The van der Waals surface area contributed by atoms with Gasteiger partial charge < -0.3 is 19.5 Å². The number of aromatic nitrogens is 3. The van der Waals surface area contributed by atoms with Crippen LogP contribution in [-0.2, 0) is 4.74 Å². The second-order valence-corrected chi connectivity index (χ2v) is 4.78. The molecule has 0 spiro atoms. The van der Waals surface area contributed by atoms with Crippen LogP contribution in [0.1, 0.15) is 36.8 Å². The fraction of sp³-hybridized carbons (Fsp3) is 0.583. The van der Waals surface area contributed by atoms with E-state index in [4.69, 9.17) is 19.5 Å². The molecule has 7 heteroatoms. The van der Waals surface area contributed by atoms with E-state index in [9.17, 15) is 0 Å². The molecule has 2 aromatic heterocycles. The zero-order valence-corrected chi connectivity index (χ0v) is 10.7. The number of nitrogens with zero attached hydrogens (tertiary/aromatic N) is 3. The summed E-state index contributed by atoms with van der Waals surface area (Å²) in [5.74, 6) is 1.15. The molecular weight excluding hydrogens is 248 g/mol. The van der Waals surface area contributed by atoms with Crippen molar-refractivity contribution in [2.75, 3.05) is 6.61 Å². The van der Waals surface area contributed by atoms with Gasteiger partial charge in [-0.25, -0.2) is 0 Å². The van der Waals surface area contributed by atoms with Crippen molar-refractivity contribution in [1.82, 2.24) is 15.3 Å². The molecule has 0 aliphatic heterocycles. The molecule has 1 saturated carbocycles. The summed E-state index contributed by atoms with van der Waals surface area (Å²) in [5, 5.41) is 7.61. The predicted octanol–water partition coefficient (Wildman–Crippen LogP) is 1.60. The van der Waals surface area contributed by atoms with Gasteiger partial charge in [-0.05, 0) is 26.2 Å². The van der Waals surface area contributed by atoms with Crippen LogP contribution in [0, 0.1) is 6.92 Å². The molecule has 0 bridgehead atoms. The Balaban J connectivity index is 1.63. The molecule has 1 aliphatic carbocycles. The summed E-state index contributed by atoms with van der Waals surface area (Å²) in [5.41, 5.74) is 6.72. The maximum Gasteiger partial charge on any atom is 0.296 e. The maximum atomic E-state index is 5.96. The fourth-order valence-corrected chi connectivity index (χ4v) is 1.80. The lowest BCUT2D eigenvalue weighted by Gasteiger charge is -2.26. The average Bonchev–Trinajstić information content (AvgIpc) is 2.94. The van der Waals surface area contributed by atoms with Crippen LogP contribution in [0.15, 0.2) is 15.1 Å². The summed E-state index contributed by atoms with van der Waals surface area (Å²) in [6.45, 7) is 2.22. The highest BCUT2D eigenvalue weighted by atomic mass is 16.5. The number of nitrogens with two attached hydrogens (primary N) is 1. The van der Waals surface area contributed by atoms with Gasteiger partial charge in [0.25, 0.3) is 5.89 Å². The lowest BCUT2D eigenvalue weighted by molar-refractivity contribution is -0.00549. The minimum atomic E-state index is -0.387. The van der Waals surface area contributed by atoms with Gasteiger partial charge in [0.1, 0.15) is 0 Å². The second kappa shape index (κ2) is 5.10. The number of hydrogen-bond donors (Lipinski definition) is 1. The molecule has 0 amide bonds. The summed E-state index contributed by atoms with van der Waals surface area (Å²) in [4.78, 5) is 4.20. The van der Waals surface area contributed by atoms with Gasteiger partial charge in [-0.1, -0.05) is 10.3 Å². The molecule has 2 heterocycles. The van der Waals surface area contributed by atoms with E-state index in [0.29, 0.717) is 24.3 Å². The van der Waals surface area contributed by atoms with Crippen molar-refractivity contribution >= 4 is 0 Å². The Labute approximate surface area is 110 Å². The highest BCUT2D eigenvalue weighted by molar-refractivity contribution is 5.43. The molecule has 2 aromatic rings. The van der Waals surface area contributed by atoms with Crippen LogP contribution >= 0.6 is 0 Å². The zero-order chi connectivity index (χ0) is 13.2. The lowest BCUT2D eigenvalue weighted by atomic mass is 9.96. The normalized spacial score (nSPS) is 17.4. The first-order chi connectivity index (χ1) is 9.22. The smallest absolute Gasteiger partial charge is 0.296 e. The van der Waals surface area contributed by atoms with Crippen molar-refractivity contribution in [2.45, 2.75) is 38.3 Å². The Kier molecular flexibility index (Phi) is 3.31. The molecule has 2 N–H and O–H groups in total. The van der Waals surface area contributed by atoms with E-state index in [-0.39, 0.29) is 11.9 Å². The third kappa shape index (κ3) is 2.66. The monoisotopic (exact) mass is 264 g/mol. The summed E-state index contributed by atoms with van der Waals surface area (Å²) >= 11 is 0. The van der Waals surface area contributed by atoms with Gasteiger partial charge in [0.15, 0.2) is 5.82 Å². The predicted molar refractivity (Wildman–Crippen MR) is 65.1 cm³/mol. The molecule has 1 fully saturated rings. The molecule has 3 rings (SSSR count). The summed E-state index contributed by atoms with van der Waals surface area (Å²) < 4.78 is 15.8. The van der Waals surface area contributed by atoms with Crippen LogP contribution in [0.3, 0.4) is 0 Å². The van der Waals surface area contributed by atoms with Crippen molar-refractivity contribution in [2.24, 2.45) is 5.73 Å². The number of ether oxygens (including phenoxy) is 1. The topological polar surface area (TPSA) is 100 Å². The van der Waals surface area contributed by atoms with E-state index in [1.165, 1.54) is 6.42 Å². The quantitative estimate of drug-likeness (QED) is 0.875. The molecule has 7 nitrogen and oxygen atoms in total. The minimum absolute atomic E-state index is 0.287.